The molecule has 1 aromatic heterocycles. The molecule has 1 amide bonds. The summed E-state index contributed by atoms with van der Waals surface area (Å²) in [5.41, 5.74) is -0.652. The molecular formula is C19H23NO4S. The minimum Gasteiger partial charge on any atom is -0.465 e. The molecule has 2 fully saturated rings. The molecule has 0 N–H and O–H groups in total. The average Bonchev–Trinajstić information content (AvgIpc) is 3.30. The third-order valence-electron chi connectivity index (χ3n) is 5.32. The largest absolute Gasteiger partial charge is 0.465 e. The summed E-state index contributed by atoms with van der Waals surface area (Å²) in [7, 11) is 0. The molecule has 2 bridgehead atoms. The Labute approximate surface area is 151 Å². The van der Waals surface area contributed by atoms with E-state index in [0.29, 0.717) is 25.6 Å². The van der Waals surface area contributed by atoms with E-state index < -0.39 is 17.4 Å². The Hall–Kier alpha value is -1.66. The van der Waals surface area contributed by atoms with E-state index in [-0.39, 0.29) is 18.0 Å². The standard InChI is InChI=1S/C19H23NO4S/c1-12(2)6-8-23-18(22)15-14-5-7-19(24-14)11-20(17(21)16(15)19)10-13-4-3-9-25-13/h3-5,7,9,12,14-16H,6,8,10-11H2,1-2H3/t14-,15-,16+,19-/m1/s1. The molecule has 0 aliphatic carbocycles. The van der Waals surface area contributed by atoms with Gasteiger partial charge in [0, 0.05) is 4.88 Å². The normalized spacial score (nSPS) is 32.7. The first kappa shape index (κ1) is 16.8. The second-order valence-electron chi connectivity index (χ2n) is 7.52. The lowest BCUT2D eigenvalue weighted by atomic mass is 9.77. The van der Waals surface area contributed by atoms with Gasteiger partial charge >= 0.3 is 5.97 Å². The zero-order chi connectivity index (χ0) is 17.6. The van der Waals surface area contributed by atoms with Gasteiger partial charge in [0.25, 0.3) is 0 Å². The van der Waals surface area contributed by atoms with Crippen molar-refractivity contribution in [2.75, 3.05) is 13.2 Å². The molecule has 0 radical (unpaired) electrons. The number of hydrogen-bond donors (Lipinski definition) is 0. The molecule has 1 spiro atoms. The van der Waals surface area contributed by atoms with Crippen LogP contribution in [0.5, 0.6) is 0 Å². The fourth-order valence-corrected chi connectivity index (χ4v) is 4.78. The predicted octanol–water partition coefficient (Wildman–Crippen LogP) is 2.62. The highest BCUT2D eigenvalue weighted by molar-refractivity contribution is 7.09. The molecule has 25 heavy (non-hydrogen) atoms. The maximum Gasteiger partial charge on any atom is 0.312 e. The van der Waals surface area contributed by atoms with Crippen LogP contribution in [0.4, 0.5) is 0 Å². The highest BCUT2D eigenvalue weighted by atomic mass is 32.1. The number of thiophene rings is 1. The van der Waals surface area contributed by atoms with Crippen molar-refractivity contribution in [3.05, 3.63) is 34.5 Å². The first-order valence-corrected chi connectivity index (χ1v) is 9.73. The van der Waals surface area contributed by atoms with Crippen LogP contribution in [-0.2, 0) is 25.6 Å². The Bertz CT molecular complexity index is 698. The van der Waals surface area contributed by atoms with Crippen molar-refractivity contribution in [1.29, 1.82) is 0 Å². The molecule has 3 aliphatic rings. The van der Waals surface area contributed by atoms with Gasteiger partial charge in [-0.3, -0.25) is 9.59 Å². The van der Waals surface area contributed by atoms with Gasteiger partial charge in [-0.05, 0) is 23.8 Å². The SMILES string of the molecule is CC(C)CCOC(=O)[C@H]1[C@H]2C(=O)N(Cc3cccs3)C[C@]23C=C[C@H]1O3. The summed E-state index contributed by atoms with van der Waals surface area (Å²) in [5, 5.41) is 2.01. The number of esters is 1. The fourth-order valence-electron chi connectivity index (χ4n) is 4.06. The molecule has 4 heterocycles. The highest BCUT2D eigenvalue weighted by Gasteiger charge is 2.67. The predicted molar refractivity (Wildman–Crippen MR) is 93.9 cm³/mol. The van der Waals surface area contributed by atoms with Gasteiger partial charge in [-0.15, -0.1) is 11.3 Å². The van der Waals surface area contributed by atoms with Crippen molar-refractivity contribution in [1.82, 2.24) is 4.90 Å². The van der Waals surface area contributed by atoms with Gasteiger partial charge in [-0.2, -0.15) is 0 Å². The average molecular weight is 361 g/mol. The number of amides is 1. The molecule has 2 saturated heterocycles. The lowest BCUT2D eigenvalue weighted by Crippen LogP contribution is -2.40. The van der Waals surface area contributed by atoms with Crippen LogP contribution < -0.4 is 0 Å². The van der Waals surface area contributed by atoms with E-state index >= 15 is 0 Å². The van der Waals surface area contributed by atoms with E-state index in [2.05, 4.69) is 13.8 Å². The van der Waals surface area contributed by atoms with Gasteiger partial charge in [-0.1, -0.05) is 32.1 Å². The van der Waals surface area contributed by atoms with Crippen molar-refractivity contribution < 1.29 is 19.1 Å². The minimum atomic E-state index is -0.652. The van der Waals surface area contributed by atoms with E-state index in [1.165, 1.54) is 0 Å². The van der Waals surface area contributed by atoms with E-state index in [1.807, 2.05) is 34.6 Å². The molecule has 6 heteroatoms. The van der Waals surface area contributed by atoms with Crippen LogP contribution in [0.3, 0.4) is 0 Å². The van der Waals surface area contributed by atoms with Gasteiger partial charge in [-0.25, -0.2) is 0 Å². The van der Waals surface area contributed by atoms with Crippen molar-refractivity contribution >= 4 is 23.2 Å². The Morgan fingerprint density at radius 1 is 1.52 bits per heavy atom. The van der Waals surface area contributed by atoms with Gasteiger partial charge in [0.1, 0.15) is 11.5 Å². The third kappa shape index (κ3) is 2.81. The lowest BCUT2D eigenvalue weighted by Gasteiger charge is -2.23. The molecule has 4 rings (SSSR count). The summed E-state index contributed by atoms with van der Waals surface area (Å²) >= 11 is 1.63. The molecule has 1 aromatic rings. The summed E-state index contributed by atoms with van der Waals surface area (Å²) in [4.78, 5) is 28.6. The Balaban J connectivity index is 1.49. The number of carbonyl (C=O) groups excluding carboxylic acids is 2. The second-order valence-corrected chi connectivity index (χ2v) is 8.56. The number of rotatable bonds is 6. The van der Waals surface area contributed by atoms with Crippen molar-refractivity contribution in [2.24, 2.45) is 17.8 Å². The number of hydrogen-bond acceptors (Lipinski definition) is 5. The molecule has 0 aromatic carbocycles. The second kappa shape index (κ2) is 6.25. The molecule has 5 nitrogen and oxygen atoms in total. The van der Waals surface area contributed by atoms with Crippen LogP contribution in [0, 0.1) is 17.8 Å². The zero-order valence-electron chi connectivity index (χ0n) is 14.5. The molecule has 4 atom stereocenters. The van der Waals surface area contributed by atoms with Gasteiger partial charge in [0.05, 0.1) is 31.7 Å². The van der Waals surface area contributed by atoms with E-state index in [0.717, 1.165) is 11.3 Å². The number of likely N-dealkylation sites (tertiary alicyclic amines) is 1. The Kier molecular flexibility index (Phi) is 4.20. The minimum absolute atomic E-state index is 0.00561. The molecule has 134 valence electrons. The van der Waals surface area contributed by atoms with Crippen molar-refractivity contribution in [2.45, 2.75) is 38.5 Å². The van der Waals surface area contributed by atoms with Crippen molar-refractivity contribution in [3.8, 4) is 0 Å². The summed E-state index contributed by atoms with van der Waals surface area (Å²) < 4.78 is 11.6. The summed E-state index contributed by atoms with van der Waals surface area (Å²) in [5.74, 6) is -0.781. The Morgan fingerprint density at radius 3 is 3.08 bits per heavy atom. The molecule has 0 saturated carbocycles. The van der Waals surface area contributed by atoms with E-state index in [4.69, 9.17) is 9.47 Å². The number of nitrogens with zero attached hydrogens (tertiary/aromatic N) is 1. The first-order valence-electron chi connectivity index (χ1n) is 8.85. The van der Waals surface area contributed by atoms with Crippen LogP contribution in [0.15, 0.2) is 29.7 Å². The maximum absolute atomic E-state index is 13.0. The van der Waals surface area contributed by atoms with Crippen LogP contribution in [0.1, 0.15) is 25.1 Å². The summed E-state index contributed by atoms with van der Waals surface area (Å²) in [6, 6.07) is 4.01. The number of fused-ring (bicyclic) bond motifs is 1. The number of ether oxygens (including phenoxy) is 2. The lowest BCUT2D eigenvalue weighted by molar-refractivity contribution is -0.154. The summed E-state index contributed by atoms with van der Waals surface area (Å²) in [6.45, 7) is 5.67. The Morgan fingerprint density at radius 2 is 2.36 bits per heavy atom. The van der Waals surface area contributed by atoms with E-state index in [1.54, 1.807) is 11.3 Å². The van der Waals surface area contributed by atoms with Crippen LogP contribution in [0.2, 0.25) is 0 Å². The maximum atomic E-state index is 13.0. The molecule has 0 unspecified atom stereocenters. The first-order chi connectivity index (χ1) is 12.0. The van der Waals surface area contributed by atoms with Gasteiger partial charge < -0.3 is 14.4 Å². The molecular weight excluding hydrogens is 338 g/mol. The fraction of sp³-hybridized carbons (Fsp3) is 0.579. The van der Waals surface area contributed by atoms with Crippen LogP contribution in [-0.4, -0.2) is 41.6 Å². The quantitative estimate of drug-likeness (QED) is 0.577. The van der Waals surface area contributed by atoms with Gasteiger partial charge in [0.15, 0.2) is 0 Å². The van der Waals surface area contributed by atoms with Crippen LogP contribution >= 0.6 is 11.3 Å². The summed E-state index contributed by atoms with van der Waals surface area (Å²) in [6.07, 6.45) is 4.40. The highest BCUT2D eigenvalue weighted by Crippen LogP contribution is 2.52. The third-order valence-corrected chi connectivity index (χ3v) is 6.18. The van der Waals surface area contributed by atoms with E-state index in [9.17, 15) is 9.59 Å². The topological polar surface area (TPSA) is 55.8 Å². The van der Waals surface area contributed by atoms with Crippen LogP contribution in [0.25, 0.3) is 0 Å². The monoisotopic (exact) mass is 361 g/mol. The smallest absolute Gasteiger partial charge is 0.312 e. The molecule has 3 aliphatic heterocycles. The number of carbonyl (C=O) groups is 2. The van der Waals surface area contributed by atoms with Gasteiger partial charge in [0.2, 0.25) is 5.91 Å². The zero-order valence-corrected chi connectivity index (χ0v) is 15.3. The van der Waals surface area contributed by atoms with Crippen molar-refractivity contribution in [3.63, 3.8) is 0 Å².